The molecule has 2 N–H and O–H groups in total. The van der Waals surface area contributed by atoms with Crippen LogP contribution < -0.4 is 15.4 Å². The van der Waals surface area contributed by atoms with Crippen molar-refractivity contribution in [3.63, 3.8) is 0 Å². The SMILES string of the molecule is CCNC1CCc2cc(OCC(=O)NCCOC)ccc21. The fourth-order valence-corrected chi connectivity index (χ4v) is 2.63. The molecular weight excluding hydrogens is 268 g/mol. The van der Waals surface area contributed by atoms with Crippen LogP contribution in [0.4, 0.5) is 0 Å². The number of ether oxygens (including phenoxy) is 2. The lowest BCUT2D eigenvalue weighted by molar-refractivity contribution is -0.123. The number of benzene rings is 1. The second-order valence-electron chi connectivity index (χ2n) is 5.14. The van der Waals surface area contributed by atoms with Crippen molar-refractivity contribution in [3.05, 3.63) is 29.3 Å². The predicted octanol–water partition coefficient (Wildman–Crippen LogP) is 1.42. The van der Waals surface area contributed by atoms with E-state index in [9.17, 15) is 4.79 Å². The molecule has 116 valence electrons. The molecular formula is C16H24N2O3. The van der Waals surface area contributed by atoms with Crippen molar-refractivity contribution in [2.45, 2.75) is 25.8 Å². The third kappa shape index (κ3) is 4.44. The highest BCUT2D eigenvalue weighted by Crippen LogP contribution is 2.33. The number of aryl methyl sites for hydroxylation is 1. The Bertz CT molecular complexity index is 477. The summed E-state index contributed by atoms with van der Waals surface area (Å²) in [4.78, 5) is 11.6. The Morgan fingerprint density at radius 1 is 1.43 bits per heavy atom. The van der Waals surface area contributed by atoms with Crippen molar-refractivity contribution in [1.82, 2.24) is 10.6 Å². The average Bonchev–Trinajstić information content (AvgIpc) is 2.88. The first-order chi connectivity index (χ1) is 10.2. The Morgan fingerprint density at radius 2 is 2.29 bits per heavy atom. The Balaban J connectivity index is 1.84. The van der Waals surface area contributed by atoms with E-state index in [2.05, 4.69) is 29.7 Å². The Morgan fingerprint density at radius 3 is 3.05 bits per heavy atom. The van der Waals surface area contributed by atoms with Gasteiger partial charge in [0, 0.05) is 19.7 Å². The molecule has 5 heteroatoms. The van der Waals surface area contributed by atoms with Gasteiger partial charge in [0.15, 0.2) is 6.61 Å². The fraction of sp³-hybridized carbons (Fsp3) is 0.562. The topological polar surface area (TPSA) is 59.6 Å². The van der Waals surface area contributed by atoms with Gasteiger partial charge < -0.3 is 20.1 Å². The van der Waals surface area contributed by atoms with Gasteiger partial charge in [0.05, 0.1) is 6.61 Å². The minimum absolute atomic E-state index is 0.0408. The number of nitrogens with one attached hydrogen (secondary N) is 2. The van der Waals surface area contributed by atoms with Gasteiger partial charge >= 0.3 is 0 Å². The number of amides is 1. The zero-order valence-corrected chi connectivity index (χ0v) is 12.8. The van der Waals surface area contributed by atoms with E-state index in [0.717, 1.165) is 25.1 Å². The Kier molecular flexibility index (Phi) is 6.02. The summed E-state index contributed by atoms with van der Waals surface area (Å²) >= 11 is 0. The number of fused-ring (bicyclic) bond motifs is 1. The number of hydrogen-bond donors (Lipinski definition) is 2. The minimum Gasteiger partial charge on any atom is -0.484 e. The highest BCUT2D eigenvalue weighted by Gasteiger charge is 2.21. The van der Waals surface area contributed by atoms with E-state index in [1.807, 2.05) is 6.07 Å². The van der Waals surface area contributed by atoms with E-state index in [-0.39, 0.29) is 12.5 Å². The monoisotopic (exact) mass is 292 g/mol. The molecule has 0 fully saturated rings. The first-order valence-electron chi connectivity index (χ1n) is 7.49. The summed E-state index contributed by atoms with van der Waals surface area (Å²) in [5, 5.41) is 6.21. The standard InChI is InChI=1S/C16H24N2O3/c1-3-17-15-7-4-12-10-13(5-6-14(12)15)21-11-16(19)18-8-9-20-2/h5-6,10,15,17H,3-4,7-9,11H2,1-2H3,(H,18,19). The molecule has 1 amide bonds. The number of rotatable bonds is 8. The molecule has 1 aromatic rings. The minimum atomic E-state index is -0.127. The van der Waals surface area contributed by atoms with Crippen LogP contribution in [0.25, 0.3) is 0 Å². The first kappa shape index (κ1) is 15.8. The molecule has 2 rings (SSSR count). The number of carbonyl (C=O) groups is 1. The average molecular weight is 292 g/mol. The largest absolute Gasteiger partial charge is 0.484 e. The number of hydrogen-bond acceptors (Lipinski definition) is 4. The first-order valence-corrected chi connectivity index (χ1v) is 7.49. The maximum Gasteiger partial charge on any atom is 0.258 e. The van der Waals surface area contributed by atoms with Crippen LogP contribution in [0.1, 0.15) is 30.5 Å². The second kappa shape index (κ2) is 8.00. The lowest BCUT2D eigenvalue weighted by atomic mass is 10.1. The second-order valence-corrected chi connectivity index (χ2v) is 5.14. The van der Waals surface area contributed by atoms with Gasteiger partial charge in [-0.1, -0.05) is 13.0 Å². The number of methoxy groups -OCH3 is 1. The Labute approximate surface area is 126 Å². The molecule has 1 aliphatic rings. The van der Waals surface area contributed by atoms with Crippen LogP contribution in [0, 0.1) is 0 Å². The van der Waals surface area contributed by atoms with Crippen LogP contribution >= 0.6 is 0 Å². The summed E-state index contributed by atoms with van der Waals surface area (Å²) in [6.45, 7) is 4.16. The van der Waals surface area contributed by atoms with Crippen molar-refractivity contribution in [2.75, 3.05) is 33.4 Å². The highest BCUT2D eigenvalue weighted by atomic mass is 16.5. The van der Waals surface area contributed by atoms with Crippen LogP contribution in [-0.2, 0) is 16.0 Å². The molecule has 0 radical (unpaired) electrons. The fourth-order valence-electron chi connectivity index (χ4n) is 2.63. The van der Waals surface area contributed by atoms with Crippen LogP contribution in [0.2, 0.25) is 0 Å². The van der Waals surface area contributed by atoms with Gasteiger partial charge in [-0.3, -0.25) is 4.79 Å². The van der Waals surface area contributed by atoms with Crippen molar-refractivity contribution in [2.24, 2.45) is 0 Å². The molecule has 1 aromatic carbocycles. The van der Waals surface area contributed by atoms with Gasteiger partial charge in [0.1, 0.15) is 5.75 Å². The van der Waals surface area contributed by atoms with Crippen molar-refractivity contribution in [1.29, 1.82) is 0 Å². The zero-order chi connectivity index (χ0) is 15.1. The van der Waals surface area contributed by atoms with E-state index in [1.165, 1.54) is 11.1 Å². The molecule has 0 aliphatic heterocycles. The van der Waals surface area contributed by atoms with E-state index < -0.39 is 0 Å². The van der Waals surface area contributed by atoms with Crippen LogP contribution in [0.3, 0.4) is 0 Å². The van der Waals surface area contributed by atoms with Crippen molar-refractivity contribution in [3.8, 4) is 5.75 Å². The van der Waals surface area contributed by atoms with Gasteiger partial charge in [-0.15, -0.1) is 0 Å². The lowest BCUT2D eigenvalue weighted by Crippen LogP contribution is -2.31. The summed E-state index contributed by atoms with van der Waals surface area (Å²) in [5.74, 6) is 0.630. The molecule has 1 aliphatic carbocycles. The van der Waals surface area contributed by atoms with Crippen LogP contribution in [0.15, 0.2) is 18.2 Å². The van der Waals surface area contributed by atoms with Crippen molar-refractivity contribution < 1.29 is 14.3 Å². The maximum absolute atomic E-state index is 11.6. The molecule has 0 aromatic heterocycles. The quantitative estimate of drug-likeness (QED) is 0.712. The number of carbonyl (C=O) groups excluding carboxylic acids is 1. The molecule has 0 saturated carbocycles. The highest BCUT2D eigenvalue weighted by molar-refractivity contribution is 5.77. The lowest BCUT2D eigenvalue weighted by Gasteiger charge is -2.13. The summed E-state index contributed by atoms with van der Waals surface area (Å²) in [6.07, 6.45) is 2.19. The Hall–Kier alpha value is -1.59. The summed E-state index contributed by atoms with van der Waals surface area (Å²) in [6, 6.07) is 6.55. The van der Waals surface area contributed by atoms with Gasteiger partial charge in [-0.05, 0) is 42.6 Å². The molecule has 21 heavy (non-hydrogen) atoms. The molecule has 1 unspecified atom stereocenters. The smallest absolute Gasteiger partial charge is 0.258 e. The molecule has 0 bridgehead atoms. The predicted molar refractivity (Wildman–Crippen MR) is 81.6 cm³/mol. The van der Waals surface area contributed by atoms with Gasteiger partial charge in [0.2, 0.25) is 0 Å². The summed E-state index contributed by atoms with van der Waals surface area (Å²) in [5.41, 5.74) is 2.67. The summed E-state index contributed by atoms with van der Waals surface area (Å²) < 4.78 is 10.4. The van der Waals surface area contributed by atoms with Crippen LogP contribution in [-0.4, -0.2) is 39.3 Å². The van der Waals surface area contributed by atoms with E-state index >= 15 is 0 Å². The third-order valence-electron chi connectivity index (χ3n) is 3.64. The van der Waals surface area contributed by atoms with E-state index in [1.54, 1.807) is 7.11 Å². The van der Waals surface area contributed by atoms with Gasteiger partial charge in [-0.2, -0.15) is 0 Å². The van der Waals surface area contributed by atoms with Crippen LogP contribution in [0.5, 0.6) is 5.75 Å². The third-order valence-corrected chi connectivity index (χ3v) is 3.64. The van der Waals surface area contributed by atoms with E-state index in [4.69, 9.17) is 9.47 Å². The van der Waals surface area contributed by atoms with E-state index in [0.29, 0.717) is 19.2 Å². The van der Waals surface area contributed by atoms with Gasteiger partial charge in [0.25, 0.3) is 5.91 Å². The normalized spacial score (nSPS) is 16.6. The zero-order valence-electron chi connectivity index (χ0n) is 12.8. The van der Waals surface area contributed by atoms with Gasteiger partial charge in [-0.25, -0.2) is 0 Å². The maximum atomic E-state index is 11.6. The molecule has 0 spiro atoms. The molecule has 0 saturated heterocycles. The molecule has 1 atom stereocenters. The summed E-state index contributed by atoms with van der Waals surface area (Å²) in [7, 11) is 1.61. The van der Waals surface area contributed by atoms with Crippen molar-refractivity contribution >= 4 is 5.91 Å². The molecule has 0 heterocycles. The molecule has 5 nitrogen and oxygen atoms in total.